The van der Waals surface area contributed by atoms with Gasteiger partial charge in [0.15, 0.2) is 16.1 Å². The maximum Gasteiger partial charge on any atom is 0.311 e. The molecule has 12 heteroatoms. The van der Waals surface area contributed by atoms with E-state index in [1.165, 1.54) is 23.1 Å². The lowest BCUT2D eigenvalue weighted by atomic mass is 10.2. The van der Waals surface area contributed by atoms with E-state index in [0.717, 1.165) is 5.56 Å². The summed E-state index contributed by atoms with van der Waals surface area (Å²) in [7, 11) is 0. The standard InChI is InChI=1S/C19H19Cl2N5O3S2/c1-3-26-17(11-5-6-13(20)14(21)7-11)24-25-19(26)31-10-15(27)23-18-22-12(9-30-18)8-16(28)29-4-2/h5-7,9H,3-4,8,10H2,1-2H3,(H,22,23,27). The summed E-state index contributed by atoms with van der Waals surface area (Å²) >= 11 is 14.6. The van der Waals surface area contributed by atoms with Crippen molar-refractivity contribution in [2.45, 2.75) is 32.0 Å². The van der Waals surface area contributed by atoms with Gasteiger partial charge in [0.2, 0.25) is 5.91 Å². The number of anilines is 1. The normalized spacial score (nSPS) is 10.8. The van der Waals surface area contributed by atoms with Gasteiger partial charge in [0, 0.05) is 17.5 Å². The zero-order valence-electron chi connectivity index (χ0n) is 16.7. The summed E-state index contributed by atoms with van der Waals surface area (Å²) in [5.74, 6) is 0.195. The van der Waals surface area contributed by atoms with Crippen LogP contribution in [0.3, 0.4) is 0 Å². The summed E-state index contributed by atoms with van der Waals surface area (Å²) in [4.78, 5) is 28.1. The van der Waals surface area contributed by atoms with Crippen LogP contribution in [0.25, 0.3) is 11.4 Å². The summed E-state index contributed by atoms with van der Waals surface area (Å²) in [5.41, 5.74) is 1.35. The number of ether oxygens (including phenoxy) is 1. The van der Waals surface area contributed by atoms with Crippen molar-refractivity contribution in [3.63, 3.8) is 0 Å². The first-order valence-electron chi connectivity index (χ1n) is 9.32. The Labute approximate surface area is 197 Å². The third-order valence-corrected chi connectivity index (χ3v) is 6.48. The predicted molar refractivity (Wildman–Crippen MR) is 123 cm³/mol. The smallest absolute Gasteiger partial charge is 0.311 e. The van der Waals surface area contributed by atoms with Gasteiger partial charge in [-0.3, -0.25) is 9.59 Å². The van der Waals surface area contributed by atoms with Crippen LogP contribution in [0.5, 0.6) is 0 Å². The second-order valence-electron chi connectivity index (χ2n) is 6.14. The van der Waals surface area contributed by atoms with E-state index in [-0.39, 0.29) is 24.1 Å². The zero-order valence-corrected chi connectivity index (χ0v) is 19.9. The molecule has 0 aliphatic carbocycles. The molecule has 0 saturated carbocycles. The van der Waals surface area contributed by atoms with Crippen LogP contribution in [0.2, 0.25) is 10.0 Å². The van der Waals surface area contributed by atoms with Crippen LogP contribution in [0.15, 0.2) is 28.7 Å². The number of benzene rings is 1. The lowest BCUT2D eigenvalue weighted by Crippen LogP contribution is -2.15. The van der Waals surface area contributed by atoms with Gasteiger partial charge in [0.25, 0.3) is 0 Å². The summed E-state index contributed by atoms with van der Waals surface area (Å²) in [6, 6.07) is 5.26. The van der Waals surface area contributed by atoms with Crippen molar-refractivity contribution in [2.75, 3.05) is 17.7 Å². The van der Waals surface area contributed by atoms with Gasteiger partial charge in [-0.2, -0.15) is 0 Å². The third-order valence-electron chi connectivity index (χ3n) is 3.97. The number of halogens is 2. The molecule has 2 heterocycles. The SMILES string of the molecule is CCOC(=O)Cc1csc(NC(=O)CSc2nnc(-c3ccc(Cl)c(Cl)c3)n2CC)n1. The van der Waals surface area contributed by atoms with Gasteiger partial charge >= 0.3 is 5.97 Å². The number of carbonyl (C=O) groups excluding carboxylic acids is 2. The molecule has 8 nitrogen and oxygen atoms in total. The van der Waals surface area contributed by atoms with Crippen molar-refractivity contribution in [2.24, 2.45) is 0 Å². The molecule has 0 radical (unpaired) electrons. The molecule has 3 aromatic rings. The highest BCUT2D eigenvalue weighted by Crippen LogP contribution is 2.29. The van der Waals surface area contributed by atoms with Crippen molar-refractivity contribution < 1.29 is 14.3 Å². The monoisotopic (exact) mass is 499 g/mol. The quantitative estimate of drug-likeness (QED) is 0.340. The second-order valence-corrected chi connectivity index (χ2v) is 8.76. The molecular weight excluding hydrogens is 481 g/mol. The number of hydrogen-bond donors (Lipinski definition) is 1. The Morgan fingerprint density at radius 3 is 2.74 bits per heavy atom. The number of nitrogens with one attached hydrogen (secondary N) is 1. The van der Waals surface area contributed by atoms with Gasteiger partial charge in [0.1, 0.15) is 0 Å². The Hall–Kier alpha value is -2.14. The van der Waals surface area contributed by atoms with Crippen LogP contribution < -0.4 is 5.32 Å². The molecule has 164 valence electrons. The minimum Gasteiger partial charge on any atom is -0.466 e. The Bertz CT molecular complexity index is 1090. The van der Waals surface area contributed by atoms with Crippen molar-refractivity contribution in [3.8, 4) is 11.4 Å². The molecule has 1 amide bonds. The van der Waals surface area contributed by atoms with E-state index < -0.39 is 0 Å². The van der Waals surface area contributed by atoms with Crippen LogP contribution in [0, 0.1) is 0 Å². The molecule has 1 aromatic carbocycles. The van der Waals surface area contributed by atoms with Crippen LogP contribution in [0.4, 0.5) is 5.13 Å². The van der Waals surface area contributed by atoms with Crippen LogP contribution in [-0.4, -0.2) is 44.0 Å². The van der Waals surface area contributed by atoms with Gasteiger partial charge in [0.05, 0.1) is 34.5 Å². The average molecular weight is 500 g/mol. The Morgan fingerprint density at radius 2 is 2.03 bits per heavy atom. The lowest BCUT2D eigenvalue weighted by molar-refractivity contribution is -0.142. The van der Waals surface area contributed by atoms with E-state index in [4.69, 9.17) is 27.9 Å². The van der Waals surface area contributed by atoms with Crippen molar-refractivity contribution >= 4 is 63.3 Å². The molecule has 0 spiro atoms. The number of rotatable bonds is 9. The summed E-state index contributed by atoms with van der Waals surface area (Å²) in [6.07, 6.45) is 0.0755. The molecule has 3 rings (SSSR count). The highest BCUT2D eigenvalue weighted by atomic mass is 35.5. The minimum absolute atomic E-state index is 0.0755. The fourth-order valence-corrected chi connectivity index (χ4v) is 4.45. The first-order chi connectivity index (χ1) is 14.9. The first-order valence-corrected chi connectivity index (χ1v) is 11.9. The average Bonchev–Trinajstić information content (AvgIpc) is 3.35. The Morgan fingerprint density at radius 1 is 1.23 bits per heavy atom. The minimum atomic E-state index is -0.349. The Kier molecular flexibility index (Phi) is 8.30. The number of hydrogen-bond acceptors (Lipinski definition) is 8. The molecule has 0 fully saturated rings. The molecular formula is C19H19Cl2N5O3S2. The molecule has 0 saturated heterocycles. The largest absolute Gasteiger partial charge is 0.466 e. The van der Waals surface area contributed by atoms with Crippen molar-refractivity contribution in [1.82, 2.24) is 19.7 Å². The van der Waals surface area contributed by atoms with Gasteiger partial charge in [-0.15, -0.1) is 21.5 Å². The van der Waals surface area contributed by atoms with E-state index in [1.54, 1.807) is 24.4 Å². The number of carbonyl (C=O) groups is 2. The number of aromatic nitrogens is 4. The number of thioether (sulfide) groups is 1. The summed E-state index contributed by atoms with van der Waals surface area (Å²) < 4.78 is 6.80. The van der Waals surface area contributed by atoms with E-state index in [2.05, 4.69) is 20.5 Å². The fraction of sp³-hybridized carbons (Fsp3) is 0.316. The number of thiazole rings is 1. The zero-order chi connectivity index (χ0) is 22.4. The topological polar surface area (TPSA) is 99.0 Å². The fourth-order valence-electron chi connectivity index (χ4n) is 2.62. The van der Waals surface area contributed by atoms with Gasteiger partial charge in [-0.1, -0.05) is 35.0 Å². The molecule has 1 N–H and O–H groups in total. The molecule has 31 heavy (non-hydrogen) atoms. The predicted octanol–water partition coefficient (Wildman–Crippen LogP) is 4.56. The molecule has 0 atom stereocenters. The van der Waals surface area contributed by atoms with Crippen LogP contribution in [0.1, 0.15) is 19.5 Å². The lowest BCUT2D eigenvalue weighted by Gasteiger charge is -2.08. The van der Waals surface area contributed by atoms with Crippen molar-refractivity contribution in [1.29, 1.82) is 0 Å². The van der Waals surface area contributed by atoms with Gasteiger partial charge < -0.3 is 14.6 Å². The molecule has 0 aliphatic rings. The number of nitrogens with zero attached hydrogens (tertiary/aromatic N) is 4. The van der Waals surface area contributed by atoms with E-state index in [1.807, 2.05) is 17.6 Å². The second kappa shape index (κ2) is 10.9. The third kappa shape index (κ3) is 6.19. The van der Waals surface area contributed by atoms with Gasteiger partial charge in [-0.05, 0) is 32.0 Å². The summed E-state index contributed by atoms with van der Waals surface area (Å²) in [6.45, 7) is 4.65. The highest BCUT2D eigenvalue weighted by Gasteiger charge is 2.16. The number of esters is 1. The maximum atomic E-state index is 12.3. The highest BCUT2D eigenvalue weighted by molar-refractivity contribution is 7.99. The summed E-state index contributed by atoms with van der Waals surface area (Å²) in [5, 5.41) is 14.8. The number of amides is 1. The molecule has 0 bridgehead atoms. The van der Waals surface area contributed by atoms with Gasteiger partial charge in [-0.25, -0.2) is 4.98 Å². The van der Waals surface area contributed by atoms with E-state index in [9.17, 15) is 9.59 Å². The molecule has 0 aliphatic heterocycles. The van der Waals surface area contributed by atoms with Crippen LogP contribution >= 0.6 is 46.3 Å². The first kappa shape index (κ1) is 23.5. The van der Waals surface area contributed by atoms with Crippen molar-refractivity contribution in [3.05, 3.63) is 39.3 Å². The van der Waals surface area contributed by atoms with E-state index >= 15 is 0 Å². The molecule has 2 aromatic heterocycles. The maximum absolute atomic E-state index is 12.3. The van der Waals surface area contributed by atoms with Crippen LogP contribution in [-0.2, 0) is 27.3 Å². The molecule has 0 unspecified atom stereocenters. The Balaban J connectivity index is 1.60. The van der Waals surface area contributed by atoms with E-state index in [0.29, 0.717) is 45.0 Å².